The lowest BCUT2D eigenvalue weighted by molar-refractivity contribution is -0.144. The molecule has 0 aliphatic carbocycles. The van der Waals surface area contributed by atoms with Gasteiger partial charge in [0.05, 0.1) is 7.11 Å². The summed E-state index contributed by atoms with van der Waals surface area (Å²) in [7, 11) is 1.57. The maximum absolute atomic E-state index is 11.9. The van der Waals surface area contributed by atoms with E-state index in [1.807, 2.05) is 24.3 Å². The third-order valence-electron chi connectivity index (χ3n) is 3.56. The fourth-order valence-electron chi connectivity index (χ4n) is 2.01. The highest BCUT2D eigenvalue weighted by Crippen LogP contribution is 2.15. The summed E-state index contributed by atoms with van der Waals surface area (Å²) < 4.78 is 5.10. The number of carbonyl (C=O) groups is 2. The van der Waals surface area contributed by atoms with Crippen LogP contribution in [0.25, 0.3) is 0 Å². The highest BCUT2D eigenvalue weighted by Gasteiger charge is 2.36. The Kier molecular flexibility index (Phi) is 6.02. The maximum Gasteiger partial charge on any atom is 0.329 e. The van der Waals surface area contributed by atoms with Crippen LogP contribution in [0, 0.1) is 0 Å². The first-order valence-electron chi connectivity index (χ1n) is 6.89. The van der Waals surface area contributed by atoms with E-state index in [0.717, 1.165) is 5.56 Å². The number of rotatable bonds is 7. The van der Waals surface area contributed by atoms with Crippen molar-refractivity contribution in [2.24, 2.45) is 0 Å². The molecular weight excluding hydrogens is 272 g/mol. The van der Waals surface area contributed by atoms with E-state index in [0.29, 0.717) is 25.1 Å². The number of hydrogen-bond donors (Lipinski definition) is 3. The van der Waals surface area contributed by atoms with Crippen molar-refractivity contribution in [3.63, 3.8) is 0 Å². The topological polar surface area (TPSA) is 87.7 Å². The molecule has 0 saturated heterocycles. The zero-order valence-electron chi connectivity index (χ0n) is 12.6. The molecule has 116 valence electrons. The molecule has 0 radical (unpaired) electrons. The predicted octanol–water partition coefficient (Wildman–Crippen LogP) is 2.14. The molecule has 0 atom stereocenters. The quantitative estimate of drug-likeness (QED) is 0.719. The molecule has 0 saturated carbocycles. The number of amides is 2. The Hall–Kier alpha value is -2.24. The number of nitrogens with one attached hydrogen (secondary N) is 2. The van der Waals surface area contributed by atoms with Gasteiger partial charge in [0.25, 0.3) is 0 Å². The molecule has 1 aromatic carbocycles. The molecule has 0 aliphatic heterocycles. The fraction of sp³-hybridized carbons (Fsp3) is 0.467. The first-order chi connectivity index (χ1) is 9.97. The Morgan fingerprint density at radius 1 is 1.29 bits per heavy atom. The molecule has 6 heteroatoms. The SMILES string of the molecule is CCC(CC)(NC(=O)NCc1cccc(OC)c1)C(=O)O. The van der Waals surface area contributed by atoms with Gasteiger partial charge in [-0.25, -0.2) is 9.59 Å². The summed E-state index contributed by atoms with van der Waals surface area (Å²) in [4.78, 5) is 23.2. The molecule has 0 spiro atoms. The lowest BCUT2D eigenvalue weighted by Gasteiger charge is -2.28. The summed E-state index contributed by atoms with van der Waals surface area (Å²) in [5, 5.41) is 14.5. The first-order valence-corrected chi connectivity index (χ1v) is 6.89. The van der Waals surface area contributed by atoms with Crippen molar-refractivity contribution in [3.05, 3.63) is 29.8 Å². The van der Waals surface area contributed by atoms with Crippen molar-refractivity contribution in [1.82, 2.24) is 10.6 Å². The van der Waals surface area contributed by atoms with Gasteiger partial charge in [-0.15, -0.1) is 0 Å². The van der Waals surface area contributed by atoms with Crippen molar-refractivity contribution in [2.75, 3.05) is 7.11 Å². The van der Waals surface area contributed by atoms with Gasteiger partial charge in [-0.05, 0) is 30.5 Å². The van der Waals surface area contributed by atoms with Crippen LogP contribution in [0.3, 0.4) is 0 Å². The van der Waals surface area contributed by atoms with Crippen LogP contribution in [0.2, 0.25) is 0 Å². The van der Waals surface area contributed by atoms with Gasteiger partial charge >= 0.3 is 12.0 Å². The van der Waals surface area contributed by atoms with Crippen molar-refractivity contribution < 1.29 is 19.4 Å². The highest BCUT2D eigenvalue weighted by atomic mass is 16.5. The van der Waals surface area contributed by atoms with E-state index < -0.39 is 17.5 Å². The number of aliphatic carboxylic acids is 1. The average molecular weight is 294 g/mol. The molecule has 0 unspecified atom stereocenters. The molecular formula is C15H22N2O4. The summed E-state index contributed by atoms with van der Waals surface area (Å²) in [6.07, 6.45) is 0.650. The summed E-state index contributed by atoms with van der Waals surface area (Å²) in [5.74, 6) is -0.319. The van der Waals surface area contributed by atoms with Gasteiger partial charge in [-0.3, -0.25) is 0 Å². The fourth-order valence-corrected chi connectivity index (χ4v) is 2.01. The van der Waals surface area contributed by atoms with Crippen LogP contribution in [0.1, 0.15) is 32.3 Å². The van der Waals surface area contributed by atoms with Crippen LogP contribution in [-0.4, -0.2) is 29.8 Å². The van der Waals surface area contributed by atoms with Crippen LogP contribution in [-0.2, 0) is 11.3 Å². The Bertz CT molecular complexity index is 498. The summed E-state index contributed by atoms with van der Waals surface area (Å²) in [6, 6.07) is 6.81. The summed E-state index contributed by atoms with van der Waals surface area (Å²) >= 11 is 0. The second-order valence-electron chi connectivity index (χ2n) is 4.75. The Balaban J connectivity index is 2.62. The van der Waals surface area contributed by atoms with E-state index in [2.05, 4.69) is 10.6 Å². The minimum atomic E-state index is -1.22. The van der Waals surface area contributed by atoms with Crippen LogP contribution in [0.4, 0.5) is 4.79 Å². The van der Waals surface area contributed by atoms with Gasteiger partial charge in [0.1, 0.15) is 11.3 Å². The number of benzene rings is 1. The number of hydrogen-bond acceptors (Lipinski definition) is 3. The van der Waals surface area contributed by atoms with Crippen molar-refractivity contribution >= 4 is 12.0 Å². The maximum atomic E-state index is 11.9. The molecule has 1 rings (SSSR count). The second-order valence-corrected chi connectivity index (χ2v) is 4.75. The summed E-state index contributed by atoms with van der Waals surface area (Å²) in [5.41, 5.74) is -0.350. The molecule has 0 fully saturated rings. The lowest BCUT2D eigenvalue weighted by Crippen LogP contribution is -2.56. The normalized spacial score (nSPS) is 10.8. The lowest BCUT2D eigenvalue weighted by atomic mass is 9.93. The average Bonchev–Trinajstić information content (AvgIpc) is 2.50. The van der Waals surface area contributed by atoms with Crippen LogP contribution >= 0.6 is 0 Å². The van der Waals surface area contributed by atoms with Gasteiger partial charge in [-0.1, -0.05) is 26.0 Å². The highest BCUT2D eigenvalue weighted by molar-refractivity contribution is 5.86. The third-order valence-corrected chi connectivity index (χ3v) is 3.56. The molecule has 0 aromatic heterocycles. The Morgan fingerprint density at radius 3 is 2.48 bits per heavy atom. The number of carboxylic acid groups (broad SMARTS) is 1. The monoisotopic (exact) mass is 294 g/mol. The largest absolute Gasteiger partial charge is 0.497 e. The summed E-state index contributed by atoms with van der Waals surface area (Å²) in [6.45, 7) is 3.77. The van der Waals surface area contributed by atoms with E-state index in [1.165, 1.54) is 0 Å². The zero-order valence-corrected chi connectivity index (χ0v) is 12.6. The van der Waals surface area contributed by atoms with Gasteiger partial charge < -0.3 is 20.5 Å². The first kappa shape index (κ1) is 16.8. The molecule has 6 nitrogen and oxygen atoms in total. The molecule has 21 heavy (non-hydrogen) atoms. The predicted molar refractivity (Wildman–Crippen MR) is 79.3 cm³/mol. The van der Waals surface area contributed by atoms with Gasteiger partial charge in [-0.2, -0.15) is 0 Å². The van der Waals surface area contributed by atoms with Crippen molar-refractivity contribution in [2.45, 2.75) is 38.8 Å². The molecule has 0 aliphatic rings. The van der Waals surface area contributed by atoms with Crippen LogP contribution in [0.5, 0.6) is 5.75 Å². The Morgan fingerprint density at radius 2 is 1.95 bits per heavy atom. The van der Waals surface area contributed by atoms with E-state index in [4.69, 9.17) is 4.74 Å². The van der Waals surface area contributed by atoms with E-state index in [9.17, 15) is 14.7 Å². The smallest absolute Gasteiger partial charge is 0.329 e. The second kappa shape index (κ2) is 7.52. The Labute approximate surface area is 124 Å². The third kappa shape index (κ3) is 4.37. The minimum absolute atomic E-state index is 0.298. The number of urea groups is 1. The van der Waals surface area contributed by atoms with E-state index >= 15 is 0 Å². The molecule has 1 aromatic rings. The molecule has 3 N–H and O–H groups in total. The van der Waals surface area contributed by atoms with Gasteiger partial charge in [0.15, 0.2) is 0 Å². The number of carbonyl (C=O) groups excluding carboxylic acids is 1. The number of carboxylic acids is 1. The van der Waals surface area contributed by atoms with Crippen LogP contribution < -0.4 is 15.4 Å². The van der Waals surface area contributed by atoms with Gasteiger partial charge in [0.2, 0.25) is 0 Å². The van der Waals surface area contributed by atoms with E-state index in [-0.39, 0.29) is 0 Å². The standard InChI is InChI=1S/C15H22N2O4/c1-4-15(5-2,13(18)19)17-14(20)16-10-11-7-6-8-12(9-11)21-3/h6-9H,4-5,10H2,1-3H3,(H,18,19)(H2,16,17,20). The molecule has 2 amide bonds. The van der Waals surface area contributed by atoms with Crippen LogP contribution in [0.15, 0.2) is 24.3 Å². The number of methoxy groups -OCH3 is 1. The van der Waals surface area contributed by atoms with E-state index in [1.54, 1.807) is 21.0 Å². The number of ether oxygens (including phenoxy) is 1. The van der Waals surface area contributed by atoms with Crippen molar-refractivity contribution in [1.29, 1.82) is 0 Å². The van der Waals surface area contributed by atoms with Gasteiger partial charge in [0, 0.05) is 6.54 Å². The zero-order chi connectivity index (χ0) is 15.9. The molecule has 0 bridgehead atoms. The molecule has 0 heterocycles. The minimum Gasteiger partial charge on any atom is -0.497 e. The van der Waals surface area contributed by atoms with Crippen molar-refractivity contribution in [3.8, 4) is 5.75 Å².